The van der Waals surface area contributed by atoms with E-state index in [-0.39, 0.29) is 9.40 Å². The maximum atomic E-state index is 11.8. The molecular weight excluding hydrogens is 286 g/mol. The third kappa shape index (κ3) is 3.05. The van der Waals surface area contributed by atoms with E-state index in [1.165, 1.54) is 24.3 Å². The number of anilines is 1. The van der Waals surface area contributed by atoms with Crippen molar-refractivity contribution in [3.05, 3.63) is 53.8 Å². The van der Waals surface area contributed by atoms with Crippen LogP contribution in [0.4, 0.5) is 5.69 Å². The van der Waals surface area contributed by atoms with Gasteiger partial charge in [0.05, 0.1) is 5.69 Å². The van der Waals surface area contributed by atoms with Crippen molar-refractivity contribution in [1.82, 2.24) is 0 Å². The van der Waals surface area contributed by atoms with E-state index in [4.69, 9.17) is 6.42 Å². The molecule has 0 fully saturated rings. The van der Waals surface area contributed by atoms with Crippen molar-refractivity contribution in [3.8, 4) is 12.3 Å². The molecule has 5 nitrogen and oxygen atoms in total. The smallest absolute Gasteiger partial charge is 0.201 e. The molecule has 100 valence electrons. The first-order valence-corrected chi connectivity index (χ1v) is 7.91. The molecule has 1 aromatic rings. The largest absolute Gasteiger partial charge is 0.270 e. The lowest BCUT2D eigenvalue weighted by Gasteiger charge is -2.20. The SMILES string of the molecule is C#Cc1ccc(N(S(=O)(=O)C=C)S(=O)(=O)C=C)cc1. The summed E-state index contributed by atoms with van der Waals surface area (Å²) in [6.07, 6.45) is 5.17. The molecule has 0 spiro atoms. The second kappa shape index (κ2) is 5.30. The van der Waals surface area contributed by atoms with Crippen LogP contribution in [0, 0.1) is 12.3 Å². The van der Waals surface area contributed by atoms with E-state index in [0.29, 0.717) is 16.4 Å². The van der Waals surface area contributed by atoms with Gasteiger partial charge in [-0.05, 0) is 24.3 Å². The van der Waals surface area contributed by atoms with Gasteiger partial charge < -0.3 is 0 Å². The molecule has 0 saturated heterocycles. The van der Waals surface area contributed by atoms with Gasteiger partial charge in [-0.25, -0.2) is 16.8 Å². The fourth-order valence-electron chi connectivity index (χ4n) is 1.25. The molecule has 0 aliphatic rings. The third-order valence-corrected chi connectivity index (χ3v) is 5.56. The van der Waals surface area contributed by atoms with Crippen molar-refractivity contribution in [2.75, 3.05) is 3.71 Å². The van der Waals surface area contributed by atoms with E-state index < -0.39 is 20.0 Å². The lowest BCUT2D eigenvalue weighted by Crippen LogP contribution is -2.33. The van der Waals surface area contributed by atoms with Crippen LogP contribution in [-0.2, 0) is 20.0 Å². The standard InChI is InChI=1S/C12H11NO4S2/c1-4-11-7-9-12(10-8-11)13(18(14,15)5-2)19(16,17)6-3/h1,5-10H,2-3H2. The lowest BCUT2D eigenvalue weighted by atomic mass is 10.2. The highest BCUT2D eigenvalue weighted by molar-refractivity contribution is 8.12. The van der Waals surface area contributed by atoms with Crippen LogP contribution in [0.5, 0.6) is 0 Å². The molecule has 0 saturated carbocycles. The average Bonchev–Trinajstić information content (AvgIpc) is 2.39. The maximum Gasteiger partial charge on any atom is 0.270 e. The molecular formula is C12H11NO4S2. The summed E-state index contributed by atoms with van der Waals surface area (Å²) in [6.45, 7) is 6.20. The van der Waals surface area contributed by atoms with Crippen molar-refractivity contribution in [2.24, 2.45) is 0 Å². The second-order valence-electron chi connectivity index (χ2n) is 3.31. The van der Waals surface area contributed by atoms with Crippen molar-refractivity contribution in [1.29, 1.82) is 0 Å². The summed E-state index contributed by atoms with van der Waals surface area (Å²) in [5, 5.41) is 1.09. The van der Waals surface area contributed by atoms with Gasteiger partial charge in [-0.3, -0.25) is 0 Å². The Morgan fingerprint density at radius 3 is 1.74 bits per heavy atom. The van der Waals surface area contributed by atoms with Crippen molar-refractivity contribution in [3.63, 3.8) is 0 Å². The highest BCUT2D eigenvalue weighted by atomic mass is 32.3. The molecule has 0 amide bonds. The molecule has 7 heteroatoms. The van der Waals surface area contributed by atoms with E-state index in [0.717, 1.165) is 0 Å². The van der Waals surface area contributed by atoms with Gasteiger partial charge in [0.2, 0.25) is 0 Å². The summed E-state index contributed by atoms with van der Waals surface area (Å²) in [6, 6.07) is 5.44. The number of benzene rings is 1. The Balaban J connectivity index is 3.54. The molecule has 0 aromatic heterocycles. The summed E-state index contributed by atoms with van der Waals surface area (Å²) in [5.41, 5.74) is 0.425. The summed E-state index contributed by atoms with van der Waals surface area (Å²) in [5.74, 6) is 2.34. The van der Waals surface area contributed by atoms with Crippen molar-refractivity contribution >= 4 is 25.7 Å². The first-order chi connectivity index (χ1) is 8.78. The molecule has 0 bridgehead atoms. The van der Waals surface area contributed by atoms with Crippen molar-refractivity contribution < 1.29 is 16.8 Å². The predicted molar refractivity (Wildman–Crippen MR) is 75.1 cm³/mol. The number of hydrogen-bond donors (Lipinski definition) is 0. The van der Waals surface area contributed by atoms with Crippen LogP contribution in [-0.4, -0.2) is 16.8 Å². The van der Waals surface area contributed by atoms with Gasteiger partial charge >= 0.3 is 0 Å². The number of rotatable bonds is 5. The molecule has 0 aliphatic carbocycles. The topological polar surface area (TPSA) is 71.5 Å². The molecule has 0 heterocycles. The van der Waals surface area contributed by atoms with Gasteiger partial charge in [0.15, 0.2) is 0 Å². The average molecular weight is 297 g/mol. The Bertz CT molecular complexity index is 700. The minimum atomic E-state index is -4.22. The number of nitrogens with zero attached hydrogens (tertiary/aromatic N) is 1. The Morgan fingerprint density at radius 1 is 1.00 bits per heavy atom. The van der Waals surface area contributed by atoms with Crippen LogP contribution in [0.15, 0.2) is 48.2 Å². The van der Waals surface area contributed by atoms with E-state index in [1.807, 2.05) is 0 Å². The maximum absolute atomic E-state index is 11.8. The Morgan fingerprint density at radius 2 is 1.42 bits per heavy atom. The molecule has 19 heavy (non-hydrogen) atoms. The summed E-state index contributed by atoms with van der Waals surface area (Å²) >= 11 is 0. The Hall–Kier alpha value is -2.04. The van der Waals surface area contributed by atoms with E-state index in [2.05, 4.69) is 19.1 Å². The number of terminal acetylenes is 1. The zero-order valence-electron chi connectivity index (χ0n) is 9.85. The molecule has 0 aliphatic heterocycles. The quantitative estimate of drug-likeness (QED) is 0.771. The Labute approximate surface area is 113 Å². The normalized spacial score (nSPS) is 11.3. The highest BCUT2D eigenvalue weighted by Crippen LogP contribution is 2.24. The van der Waals surface area contributed by atoms with E-state index >= 15 is 0 Å². The number of sulfonamides is 2. The van der Waals surface area contributed by atoms with Gasteiger partial charge in [0.25, 0.3) is 20.0 Å². The molecule has 0 unspecified atom stereocenters. The zero-order valence-corrected chi connectivity index (χ0v) is 11.5. The summed E-state index contributed by atoms with van der Waals surface area (Å²) in [7, 11) is -8.43. The fourth-order valence-corrected chi connectivity index (χ4v) is 3.88. The number of hydrogen-bond acceptors (Lipinski definition) is 4. The van der Waals surface area contributed by atoms with Gasteiger partial charge in [0.1, 0.15) is 0 Å². The summed E-state index contributed by atoms with van der Waals surface area (Å²) < 4.78 is 47.4. The lowest BCUT2D eigenvalue weighted by molar-refractivity contribution is 0.594. The Kier molecular flexibility index (Phi) is 4.19. The van der Waals surface area contributed by atoms with Gasteiger partial charge in [-0.2, -0.15) is 3.71 Å². The van der Waals surface area contributed by atoms with Crippen molar-refractivity contribution in [2.45, 2.75) is 0 Å². The van der Waals surface area contributed by atoms with Crippen LogP contribution in [0.2, 0.25) is 0 Å². The minimum absolute atomic E-state index is 0.0706. The van der Waals surface area contributed by atoms with Crippen LogP contribution in [0.1, 0.15) is 5.56 Å². The fraction of sp³-hybridized carbons (Fsp3) is 0. The van der Waals surface area contributed by atoms with Crippen LogP contribution >= 0.6 is 0 Å². The highest BCUT2D eigenvalue weighted by Gasteiger charge is 2.29. The first kappa shape index (κ1) is 15.0. The third-order valence-electron chi connectivity index (χ3n) is 2.13. The van der Waals surface area contributed by atoms with Gasteiger partial charge in [-0.1, -0.05) is 19.1 Å². The zero-order chi connectivity index (χ0) is 14.7. The van der Waals surface area contributed by atoms with Crippen LogP contribution < -0.4 is 3.71 Å². The summed E-state index contributed by atoms with van der Waals surface area (Å²) in [4.78, 5) is 0. The molecule has 0 N–H and O–H groups in total. The molecule has 0 radical (unpaired) electrons. The molecule has 1 aromatic carbocycles. The monoisotopic (exact) mass is 297 g/mol. The predicted octanol–water partition coefficient (Wildman–Crippen LogP) is 1.42. The van der Waals surface area contributed by atoms with Gasteiger partial charge in [-0.15, -0.1) is 6.42 Å². The van der Waals surface area contributed by atoms with E-state index in [9.17, 15) is 16.8 Å². The van der Waals surface area contributed by atoms with Gasteiger partial charge in [0, 0.05) is 16.4 Å². The van der Waals surface area contributed by atoms with E-state index in [1.54, 1.807) is 0 Å². The van der Waals surface area contributed by atoms with Crippen LogP contribution in [0.25, 0.3) is 0 Å². The van der Waals surface area contributed by atoms with Crippen LogP contribution in [0.3, 0.4) is 0 Å². The minimum Gasteiger partial charge on any atom is -0.201 e. The molecule has 1 rings (SSSR count). The second-order valence-corrected chi connectivity index (χ2v) is 7.00. The first-order valence-electron chi connectivity index (χ1n) is 4.90. The molecule has 0 atom stereocenters.